The van der Waals surface area contributed by atoms with Gasteiger partial charge < -0.3 is 15.0 Å². The molecule has 4 rings (SSSR count). The molecule has 0 amide bonds. The zero-order valence-corrected chi connectivity index (χ0v) is 15.6. The maximum absolute atomic E-state index is 12.6. The lowest BCUT2D eigenvalue weighted by atomic mass is 10.2. The van der Waals surface area contributed by atoms with E-state index in [2.05, 4.69) is 20.3 Å². The lowest BCUT2D eigenvalue weighted by molar-refractivity contribution is 0.0384. The second-order valence-corrected chi connectivity index (χ2v) is 6.85. The minimum atomic E-state index is -0.0709. The molecule has 1 aromatic carbocycles. The number of aryl methyl sites for hydroxylation is 1. The summed E-state index contributed by atoms with van der Waals surface area (Å²) < 4.78 is 7.15. The molecular weight excluding hydrogens is 342 g/mol. The highest BCUT2D eigenvalue weighted by atomic mass is 16.5. The summed E-state index contributed by atoms with van der Waals surface area (Å²) in [5.74, 6) is 0. The van der Waals surface area contributed by atoms with Crippen molar-refractivity contribution >= 4 is 11.0 Å². The van der Waals surface area contributed by atoms with Crippen LogP contribution in [0, 0.1) is 6.92 Å². The Kier molecular flexibility index (Phi) is 5.33. The number of para-hydroxylation sites is 1. The van der Waals surface area contributed by atoms with Crippen molar-refractivity contribution in [3.8, 4) is 5.69 Å². The molecule has 1 saturated heterocycles. The zero-order valence-electron chi connectivity index (χ0n) is 15.6. The van der Waals surface area contributed by atoms with Gasteiger partial charge in [-0.1, -0.05) is 18.2 Å². The molecule has 2 aromatic heterocycles. The number of ether oxygens (including phenoxy) is 1. The maximum atomic E-state index is 12.6. The number of aromatic amines is 1. The van der Waals surface area contributed by atoms with Crippen molar-refractivity contribution < 1.29 is 4.74 Å². The average molecular weight is 367 g/mol. The van der Waals surface area contributed by atoms with Crippen LogP contribution in [0.15, 0.2) is 41.2 Å². The molecule has 0 atom stereocenters. The van der Waals surface area contributed by atoms with Crippen LogP contribution in [0.3, 0.4) is 0 Å². The van der Waals surface area contributed by atoms with Gasteiger partial charge in [-0.25, -0.2) is 4.68 Å². The average Bonchev–Trinajstić information content (AvgIpc) is 3.02. The van der Waals surface area contributed by atoms with Crippen molar-refractivity contribution in [1.29, 1.82) is 0 Å². The number of fused-ring (bicyclic) bond motifs is 1. The summed E-state index contributed by atoms with van der Waals surface area (Å²) in [6.07, 6.45) is 0. The van der Waals surface area contributed by atoms with Crippen LogP contribution in [0.2, 0.25) is 0 Å². The molecule has 7 heteroatoms. The first-order chi connectivity index (χ1) is 13.2. The zero-order chi connectivity index (χ0) is 18.6. The molecule has 3 heterocycles. The van der Waals surface area contributed by atoms with E-state index in [-0.39, 0.29) is 5.56 Å². The molecule has 142 valence electrons. The Morgan fingerprint density at radius 3 is 2.78 bits per heavy atom. The summed E-state index contributed by atoms with van der Waals surface area (Å²) in [7, 11) is 0. The summed E-state index contributed by atoms with van der Waals surface area (Å²) in [5.41, 5.74) is 3.24. The topological polar surface area (TPSA) is 75.2 Å². The largest absolute Gasteiger partial charge is 0.379 e. The summed E-state index contributed by atoms with van der Waals surface area (Å²) in [5, 5.41) is 8.97. The molecule has 1 aliphatic rings. The van der Waals surface area contributed by atoms with Gasteiger partial charge in [-0.05, 0) is 25.1 Å². The normalized spacial score (nSPS) is 15.4. The fourth-order valence-corrected chi connectivity index (χ4v) is 3.43. The van der Waals surface area contributed by atoms with Crippen LogP contribution in [0.5, 0.6) is 0 Å². The second-order valence-electron chi connectivity index (χ2n) is 6.85. The number of nitrogens with zero attached hydrogens (tertiary/aromatic N) is 3. The summed E-state index contributed by atoms with van der Waals surface area (Å²) in [6, 6.07) is 11.8. The lowest BCUT2D eigenvalue weighted by Crippen LogP contribution is -2.40. The quantitative estimate of drug-likeness (QED) is 0.645. The molecule has 0 unspecified atom stereocenters. The third kappa shape index (κ3) is 3.95. The maximum Gasteiger partial charge on any atom is 0.254 e. The Balaban J connectivity index is 1.49. The predicted octanol–water partition coefficient (Wildman–Crippen LogP) is 1.44. The van der Waals surface area contributed by atoms with Crippen molar-refractivity contribution in [3.63, 3.8) is 0 Å². The van der Waals surface area contributed by atoms with Gasteiger partial charge in [0.05, 0.1) is 24.6 Å². The number of H-pyrrole nitrogens is 1. The number of hydrogen-bond donors (Lipinski definition) is 2. The van der Waals surface area contributed by atoms with Crippen LogP contribution in [0.4, 0.5) is 0 Å². The molecule has 1 aliphatic heterocycles. The van der Waals surface area contributed by atoms with Crippen molar-refractivity contribution in [2.45, 2.75) is 13.5 Å². The highest BCUT2D eigenvalue weighted by Crippen LogP contribution is 2.19. The number of aromatic nitrogens is 3. The first kappa shape index (κ1) is 17.9. The fourth-order valence-electron chi connectivity index (χ4n) is 3.43. The third-order valence-corrected chi connectivity index (χ3v) is 4.97. The molecule has 27 heavy (non-hydrogen) atoms. The highest BCUT2D eigenvalue weighted by Gasteiger charge is 2.13. The molecule has 1 fully saturated rings. The van der Waals surface area contributed by atoms with Gasteiger partial charge in [0.25, 0.3) is 5.56 Å². The Bertz CT molecular complexity index is 958. The SMILES string of the molecule is Cc1nn(-c2ccccc2)c2[nH]c(=O)c(CNCCN3CCOCC3)cc12. The monoisotopic (exact) mass is 367 g/mol. The van der Waals surface area contributed by atoms with E-state index in [1.807, 2.05) is 43.3 Å². The molecule has 0 saturated carbocycles. The van der Waals surface area contributed by atoms with Crippen LogP contribution >= 0.6 is 0 Å². The van der Waals surface area contributed by atoms with Crippen LogP contribution in [0.25, 0.3) is 16.7 Å². The first-order valence-electron chi connectivity index (χ1n) is 9.40. The Labute approximate surface area is 157 Å². The second kappa shape index (κ2) is 8.04. The van der Waals surface area contributed by atoms with Crippen molar-refractivity contribution in [3.05, 3.63) is 58.0 Å². The number of nitrogens with one attached hydrogen (secondary N) is 2. The molecular formula is C20H25N5O2. The minimum Gasteiger partial charge on any atom is -0.379 e. The van der Waals surface area contributed by atoms with Gasteiger partial charge in [-0.2, -0.15) is 5.10 Å². The molecule has 0 bridgehead atoms. The number of rotatable bonds is 6. The van der Waals surface area contributed by atoms with E-state index < -0.39 is 0 Å². The summed E-state index contributed by atoms with van der Waals surface area (Å²) >= 11 is 0. The van der Waals surface area contributed by atoms with Crippen molar-refractivity contribution in [2.24, 2.45) is 0 Å². The molecule has 3 aromatic rings. The van der Waals surface area contributed by atoms with E-state index in [9.17, 15) is 4.79 Å². The van der Waals surface area contributed by atoms with Crippen LogP contribution in [-0.2, 0) is 11.3 Å². The molecule has 2 N–H and O–H groups in total. The van der Waals surface area contributed by atoms with E-state index in [4.69, 9.17) is 4.74 Å². The van der Waals surface area contributed by atoms with Gasteiger partial charge in [0.15, 0.2) is 0 Å². The lowest BCUT2D eigenvalue weighted by Gasteiger charge is -2.26. The number of morpholine rings is 1. The number of pyridine rings is 1. The van der Waals surface area contributed by atoms with Gasteiger partial charge in [0, 0.05) is 43.7 Å². The molecule has 0 spiro atoms. The van der Waals surface area contributed by atoms with E-state index in [0.717, 1.165) is 67.4 Å². The Hall–Kier alpha value is -2.48. The van der Waals surface area contributed by atoms with E-state index in [1.54, 1.807) is 4.68 Å². The van der Waals surface area contributed by atoms with E-state index >= 15 is 0 Å². The van der Waals surface area contributed by atoms with Gasteiger partial charge in [0.2, 0.25) is 0 Å². The standard InChI is InChI=1S/C20H25N5O2/c1-15-18-13-16(14-21-7-8-24-9-11-27-12-10-24)20(26)22-19(18)25(23-15)17-5-3-2-4-6-17/h2-6,13,21H,7-12,14H2,1H3,(H,22,26). The molecule has 0 radical (unpaired) electrons. The number of hydrogen-bond acceptors (Lipinski definition) is 5. The first-order valence-corrected chi connectivity index (χ1v) is 9.40. The summed E-state index contributed by atoms with van der Waals surface area (Å²) in [4.78, 5) is 17.9. The smallest absolute Gasteiger partial charge is 0.254 e. The fraction of sp³-hybridized carbons (Fsp3) is 0.400. The Morgan fingerprint density at radius 2 is 2.00 bits per heavy atom. The van der Waals surface area contributed by atoms with Crippen molar-refractivity contribution in [2.75, 3.05) is 39.4 Å². The molecule has 0 aliphatic carbocycles. The van der Waals surface area contributed by atoms with Crippen molar-refractivity contribution in [1.82, 2.24) is 25.0 Å². The minimum absolute atomic E-state index is 0.0709. The van der Waals surface area contributed by atoms with Crippen LogP contribution in [-0.4, -0.2) is 59.1 Å². The molecule has 7 nitrogen and oxygen atoms in total. The van der Waals surface area contributed by atoms with Gasteiger partial charge in [-0.15, -0.1) is 0 Å². The van der Waals surface area contributed by atoms with Crippen LogP contribution < -0.4 is 10.9 Å². The van der Waals surface area contributed by atoms with E-state index in [1.165, 1.54) is 0 Å². The van der Waals surface area contributed by atoms with E-state index in [0.29, 0.717) is 6.54 Å². The predicted molar refractivity (Wildman–Crippen MR) is 105 cm³/mol. The van der Waals surface area contributed by atoms with Gasteiger partial charge in [-0.3, -0.25) is 9.69 Å². The summed E-state index contributed by atoms with van der Waals surface area (Å²) in [6.45, 7) is 7.90. The van der Waals surface area contributed by atoms with Crippen LogP contribution in [0.1, 0.15) is 11.3 Å². The number of benzene rings is 1. The van der Waals surface area contributed by atoms with Gasteiger partial charge in [0.1, 0.15) is 5.65 Å². The van der Waals surface area contributed by atoms with Gasteiger partial charge >= 0.3 is 0 Å². The Morgan fingerprint density at radius 1 is 1.22 bits per heavy atom. The highest BCUT2D eigenvalue weighted by molar-refractivity contribution is 5.80. The third-order valence-electron chi connectivity index (χ3n) is 4.97.